The number of anilines is 1. The quantitative estimate of drug-likeness (QED) is 0.729. The number of fused-ring (bicyclic) bond motifs is 1. The summed E-state index contributed by atoms with van der Waals surface area (Å²) < 4.78 is 17.1. The molecular formula is C23H30N2O5. The summed E-state index contributed by atoms with van der Waals surface area (Å²) in [5, 5.41) is 12.2. The van der Waals surface area contributed by atoms with Gasteiger partial charge in [-0.15, -0.1) is 0 Å². The van der Waals surface area contributed by atoms with Crippen molar-refractivity contribution in [3.05, 3.63) is 23.8 Å². The number of hydrogen-bond donors (Lipinski definition) is 1. The number of piperidine rings is 1. The van der Waals surface area contributed by atoms with Crippen LogP contribution in [0.15, 0.2) is 18.2 Å². The lowest BCUT2D eigenvalue weighted by Crippen LogP contribution is -2.77. The van der Waals surface area contributed by atoms with Crippen LogP contribution in [0.25, 0.3) is 0 Å². The highest BCUT2D eigenvalue weighted by atomic mass is 16.6. The maximum absolute atomic E-state index is 13.3. The van der Waals surface area contributed by atoms with Gasteiger partial charge in [-0.05, 0) is 50.4 Å². The summed E-state index contributed by atoms with van der Waals surface area (Å²) in [7, 11) is 5.00. The Morgan fingerprint density at radius 3 is 2.83 bits per heavy atom. The third-order valence-electron chi connectivity index (χ3n) is 8.98. The largest absolute Gasteiger partial charge is 0.497 e. The molecule has 8 atom stereocenters. The number of nitrogens with zero attached hydrogens (tertiary/aromatic N) is 2. The van der Waals surface area contributed by atoms with Gasteiger partial charge in [-0.2, -0.15) is 0 Å². The van der Waals surface area contributed by atoms with Crippen molar-refractivity contribution in [3.8, 4) is 5.75 Å². The van der Waals surface area contributed by atoms with Gasteiger partial charge in [-0.3, -0.25) is 4.90 Å². The van der Waals surface area contributed by atoms with Gasteiger partial charge >= 0.3 is 5.97 Å². The fourth-order valence-corrected chi connectivity index (χ4v) is 8.06. The molecule has 6 rings (SSSR count). The monoisotopic (exact) mass is 414 g/mol. The molecule has 1 aromatic rings. The van der Waals surface area contributed by atoms with E-state index in [4.69, 9.17) is 14.2 Å². The fraction of sp³-hybridized carbons (Fsp3) is 0.696. The molecule has 7 heteroatoms. The zero-order valence-electron chi connectivity index (χ0n) is 18.0. The molecular weight excluding hydrogens is 384 g/mol. The highest BCUT2D eigenvalue weighted by Crippen LogP contribution is 2.66. The first-order chi connectivity index (χ1) is 14.4. The number of carbonyl (C=O) groups is 1. The lowest BCUT2D eigenvalue weighted by atomic mass is 9.52. The number of likely N-dealkylation sites (N-methyl/N-ethyl adjacent to an activating group) is 1. The minimum absolute atomic E-state index is 0.0236. The number of benzene rings is 1. The van der Waals surface area contributed by atoms with E-state index >= 15 is 0 Å². The average molecular weight is 415 g/mol. The van der Waals surface area contributed by atoms with Gasteiger partial charge in [-0.25, -0.2) is 4.79 Å². The van der Waals surface area contributed by atoms with Crippen molar-refractivity contribution in [1.29, 1.82) is 0 Å². The van der Waals surface area contributed by atoms with Gasteiger partial charge in [0.25, 0.3) is 0 Å². The van der Waals surface area contributed by atoms with E-state index in [0.717, 1.165) is 37.4 Å². The maximum atomic E-state index is 13.3. The van der Waals surface area contributed by atoms with Gasteiger partial charge in [0.05, 0.1) is 26.4 Å². The summed E-state index contributed by atoms with van der Waals surface area (Å²) in [5.74, 6) is 0.645. The van der Waals surface area contributed by atoms with Crippen LogP contribution in [-0.4, -0.2) is 80.2 Å². The molecule has 0 bridgehead atoms. The van der Waals surface area contributed by atoms with Crippen LogP contribution in [0.3, 0.4) is 0 Å². The van der Waals surface area contributed by atoms with Crippen LogP contribution in [0.4, 0.5) is 5.69 Å². The number of ether oxygens (including phenoxy) is 3. The molecule has 4 aliphatic heterocycles. The van der Waals surface area contributed by atoms with E-state index in [9.17, 15) is 9.90 Å². The predicted octanol–water partition coefficient (Wildman–Crippen LogP) is 1.17. The SMILES string of the molecule is COC(=O)[C@]1(O)C2N(C)c3cc(OC)ccc3[C@@]23CCN2CC[C@@H]4C([C@H]23)[C@H]1O[C@@H]4C. The predicted molar refractivity (Wildman–Crippen MR) is 110 cm³/mol. The van der Waals surface area contributed by atoms with E-state index in [1.165, 1.54) is 12.7 Å². The van der Waals surface area contributed by atoms with Gasteiger partial charge in [-0.1, -0.05) is 6.07 Å². The zero-order valence-corrected chi connectivity index (χ0v) is 18.0. The fourth-order valence-electron chi connectivity index (χ4n) is 8.06. The summed E-state index contributed by atoms with van der Waals surface area (Å²) in [5.41, 5.74) is 0.169. The van der Waals surface area contributed by atoms with Crippen LogP contribution in [0.2, 0.25) is 0 Å². The molecule has 0 radical (unpaired) electrons. The van der Waals surface area contributed by atoms with E-state index in [1.807, 2.05) is 19.2 Å². The molecule has 3 saturated heterocycles. The summed E-state index contributed by atoms with van der Waals surface area (Å²) in [6.45, 7) is 4.12. The summed E-state index contributed by atoms with van der Waals surface area (Å²) in [6.07, 6.45) is 1.42. The number of rotatable bonds is 2. The second-order valence-electron chi connectivity index (χ2n) is 9.78. The molecule has 5 aliphatic rings. The number of aliphatic hydroxyl groups is 1. The second-order valence-corrected chi connectivity index (χ2v) is 9.78. The maximum Gasteiger partial charge on any atom is 0.342 e. The van der Waals surface area contributed by atoms with E-state index < -0.39 is 23.7 Å². The summed E-state index contributed by atoms with van der Waals surface area (Å²) in [4.78, 5) is 18.0. The highest BCUT2D eigenvalue weighted by Gasteiger charge is 2.79. The summed E-state index contributed by atoms with van der Waals surface area (Å²) in [6, 6.07) is 5.99. The molecule has 1 saturated carbocycles. The number of hydrogen-bond acceptors (Lipinski definition) is 7. The molecule has 2 unspecified atom stereocenters. The molecule has 1 aromatic carbocycles. The minimum Gasteiger partial charge on any atom is -0.497 e. The van der Waals surface area contributed by atoms with Crippen molar-refractivity contribution in [1.82, 2.24) is 4.90 Å². The van der Waals surface area contributed by atoms with E-state index in [-0.39, 0.29) is 23.5 Å². The third kappa shape index (κ3) is 1.87. The Balaban J connectivity index is 1.64. The topological polar surface area (TPSA) is 71.5 Å². The van der Waals surface area contributed by atoms with E-state index in [0.29, 0.717) is 5.92 Å². The van der Waals surface area contributed by atoms with Crippen molar-refractivity contribution in [3.63, 3.8) is 0 Å². The Bertz CT molecular complexity index is 923. The number of methoxy groups -OCH3 is 2. The van der Waals surface area contributed by atoms with Crippen molar-refractivity contribution in [2.45, 2.75) is 55.1 Å². The molecule has 1 spiro atoms. The number of esters is 1. The van der Waals surface area contributed by atoms with Crippen LogP contribution in [-0.2, 0) is 19.7 Å². The van der Waals surface area contributed by atoms with Crippen molar-refractivity contribution in [2.24, 2.45) is 11.8 Å². The average Bonchev–Trinajstić information content (AvgIpc) is 3.38. The Hall–Kier alpha value is -1.83. The van der Waals surface area contributed by atoms with E-state index in [2.05, 4.69) is 22.8 Å². The Labute approximate surface area is 176 Å². The lowest BCUT2D eigenvalue weighted by Gasteiger charge is -2.58. The molecule has 162 valence electrons. The van der Waals surface area contributed by atoms with Crippen LogP contribution in [0.5, 0.6) is 5.75 Å². The van der Waals surface area contributed by atoms with Gasteiger partial charge in [0.2, 0.25) is 5.60 Å². The third-order valence-corrected chi connectivity index (χ3v) is 8.98. The van der Waals surface area contributed by atoms with Gasteiger partial charge in [0.15, 0.2) is 0 Å². The van der Waals surface area contributed by atoms with Gasteiger partial charge in [0.1, 0.15) is 11.9 Å². The zero-order chi connectivity index (χ0) is 21.0. The van der Waals surface area contributed by atoms with Crippen LogP contribution < -0.4 is 9.64 Å². The smallest absolute Gasteiger partial charge is 0.342 e. The normalized spacial score (nSPS) is 45.7. The van der Waals surface area contributed by atoms with Crippen molar-refractivity contribution < 1.29 is 24.1 Å². The number of carbonyl (C=O) groups excluding carboxylic acids is 1. The van der Waals surface area contributed by atoms with Crippen molar-refractivity contribution in [2.75, 3.05) is 39.3 Å². The van der Waals surface area contributed by atoms with Crippen LogP contribution in [0, 0.1) is 11.8 Å². The molecule has 0 aromatic heterocycles. The Morgan fingerprint density at radius 2 is 2.10 bits per heavy atom. The molecule has 1 aliphatic carbocycles. The first-order valence-corrected chi connectivity index (χ1v) is 11.0. The van der Waals surface area contributed by atoms with Crippen LogP contribution in [0.1, 0.15) is 25.3 Å². The summed E-state index contributed by atoms with van der Waals surface area (Å²) >= 11 is 0. The first-order valence-electron chi connectivity index (χ1n) is 11.0. The van der Waals surface area contributed by atoms with E-state index in [1.54, 1.807) is 7.11 Å². The second kappa shape index (κ2) is 5.90. The molecule has 4 heterocycles. The van der Waals surface area contributed by atoms with Gasteiger partial charge < -0.3 is 24.2 Å². The first kappa shape index (κ1) is 18.9. The lowest BCUT2D eigenvalue weighted by molar-refractivity contribution is -0.204. The molecule has 30 heavy (non-hydrogen) atoms. The highest BCUT2D eigenvalue weighted by molar-refractivity contribution is 5.86. The van der Waals surface area contributed by atoms with Gasteiger partial charge in [0, 0.05) is 36.2 Å². The Kier molecular flexibility index (Phi) is 3.72. The molecule has 4 fully saturated rings. The van der Waals surface area contributed by atoms with Crippen LogP contribution >= 0.6 is 0 Å². The molecule has 1 N–H and O–H groups in total. The molecule has 7 nitrogen and oxygen atoms in total. The molecule has 0 amide bonds. The Morgan fingerprint density at radius 1 is 1.30 bits per heavy atom. The standard InChI is InChI=1S/C23H30N2O5/c1-12-14-7-9-25-10-8-22-15-6-5-13(28-3)11-16(15)24(2)20(22)23(27,21(26)29-4)19(30-12)17(14)18(22)25/h5-6,11-12,14,17-20,27H,7-10H2,1-4H3/t12-,14+,17?,18+,19-,20?,22-,23-/m1/s1. The minimum atomic E-state index is -1.73. The van der Waals surface area contributed by atoms with Crippen molar-refractivity contribution >= 4 is 11.7 Å².